The van der Waals surface area contributed by atoms with Crippen LogP contribution in [-0.2, 0) is 14.3 Å². The first-order chi connectivity index (χ1) is 9.19. The molecule has 0 radical (unpaired) electrons. The van der Waals surface area contributed by atoms with E-state index in [1.807, 2.05) is 27.7 Å². The first-order valence-corrected chi connectivity index (χ1v) is 6.88. The zero-order chi connectivity index (χ0) is 15.9. The average molecular weight is 288 g/mol. The fraction of sp³-hybridized carbons (Fsp3) is 0.857. The minimum Gasteiger partial charge on any atom is -0.467 e. The molecule has 1 amide bonds. The summed E-state index contributed by atoms with van der Waals surface area (Å²) in [6.45, 7) is 7.58. The fourth-order valence-electron chi connectivity index (χ4n) is 1.57. The first-order valence-electron chi connectivity index (χ1n) is 6.88. The second-order valence-corrected chi connectivity index (χ2v) is 5.78. The standard InChI is InChI=1S/C14H28N2O4/c1-7-10(2)12(13(19)20-6)15-11(18)8-16(5)14(3,4)9-17/h10,12,17H,7-9H2,1-6H3,(H,15,18). The van der Waals surface area contributed by atoms with Gasteiger partial charge in [-0.2, -0.15) is 0 Å². The molecule has 2 atom stereocenters. The van der Waals surface area contributed by atoms with E-state index >= 15 is 0 Å². The van der Waals surface area contributed by atoms with Gasteiger partial charge in [0.15, 0.2) is 0 Å². The number of carbonyl (C=O) groups excluding carboxylic acids is 2. The van der Waals surface area contributed by atoms with Crippen LogP contribution in [0.5, 0.6) is 0 Å². The van der Waals surface area contributed by atoms with E-state index in [0.717, 1.165) is 6.42 Å². The van der Waals surface area contributed by atoms with Crippen LogP contribution in [0.25, 0.3) is 0 Å². The quantitative estimate of drug-likeness (QED) is 0.632. The molecule has 0 aromatic heterocycles. The smallest absolute Gasteiger partial charge is 0.328 e. The van der Waals surface area contributed by atoms with Crippen molar-refractivity contribution in [2.45, 2.75) is 45.7 Å². The summed E-state index contributed by atoms with van der Waals surface area (Å²) < 4.78 is 4.72. The van der Waals surface area contributed by atoms with Gasteiger partial charge < -0.3 is 15.2 Å². The number of methoxy groups -OCH3 is 1. The van der Waals surface area contributed by atoms with Crippen LogP contribution in [0.15, 0.2) is 0 Å². The molecule has 0 aromatic carbocycles. The van der Waals surface area contributed by atoms with Crippen LogP contribution in [0.3, 0.4) is 0 Å². The number of aliphatic hydroxyl groups is 1. The lowest BCUT2D eigenvalue weighted by atomic mass is 9.99. The SMILES string of the molecule is CCC(C)C(NC(=O)CN(C)C(C)(C)CO)C(=O)OC. The molecule has 6 heteroatoms. The Labute approximate surface area is 121 Å². The molecule has 0 saturated heterocycles. The van der Waals surface area contributed by atoms with E-state index in [2.05, 4.69) is 5.32 Å². The van der Waals surface area contributed by atoms with Gasteiger partial charge in [-0.25, -0.2) is 4.79 Å². The molecule has 6 nitrogen and oxygen atoms in total. The van der Waals surface area contributed by atoms with E-state index in [0.29, 0.717) is 0 Å². The van der Waals surface area contributed by atoms with Crippen molar-refractivity contribution >= 4 is 11.9 Å². The zero-order valence-electron chi connectivity index (χ0n) is 13.4. The number of amides is 1. The predicted octanol–water partition coefficient (Wildman–Crippen LogP) is 0.393. The Morgan fingerprint density at radius 2 is 1.95 bits per heavy atom. The van der Waals surface area contributed by atoms with Crippen LogP contribution >= 0.6 is 0 Å². The zero-order valence-corrected chi connectivity index (χ0v) is 13.4. The van der Waals surface area contributed by atoms with Crippen molar-refractivity contribution in [1.29, 1.82) is 0 Å². The van der Waals surface area contributed by atoms with Gasteiger partial charge in [0.2, 0.25) is 5.91 Å². The summed E-state index contributed by atoms with van der Waals surface area (Å²) in [6, 6.07) is -0.636. The maximum absolute atomic E-state index is 12.0. The molecule has 0 heterocycles. The predicted molar refractivity (Wildman–Crippen MR) is 77.2 cm³/mol. The maximum atomic E-state index is 12.0. The highest BCUT2D eigenvalue weighted by molar-refractivity contribution is 5.85. The number of carbonyl (C=O) groups is 2. The number of aliphatic hydroxyl groups excluding tert-OH is 1. The van der Waals surface area contributed by atoms with Gasteiger partial charge in [-0.15, -0.1) is 0 Å². The highest BCUT2D eigenvalue weighted by Crippen LogP contribution is 2.12. The Morgan fingerprint density at radius 3 is 2.35 bits per heavy atom. The van der Waals surface area contributed by atoms with Crippen LogP contribution in [0.4, 0.5) is 0 Å². The molecule has 118 valence electrons. The van der Waals surface area contributed by atoms with Crippen molar-refractivity contribution in [3.8, 4) is 0 Å². The number of nitrogens with zero attached hydrogens (tertiary/aromatic N) is 1. The van der Waals surface area contributed by atoms with E-state index in [9.17, 15) is 14.7 Å². The van der Waals surface area contributed by atoms with Crippen LogP contribution in [0.1, 0.15) is 34.1 Å². The Morgan fingerprint density at radius 1 is 1.40 bits per heavy atom. The van der Waals surface area contributed by atoms with Crippen LogP contribution < -0.4 is 5.32 Å². The molecule has 0 aliphatic carbocycles. The van der Waals surface area contributed by atoms with Gasteiger partial charge in [-0.05, 0) is 26.8 Å². The minimum atomic E-state index is -0.636. The molecular formula is C14H28N2O4. The van der Waals surface area contributed by atoms with E-state index in [1.165, 1.54) is 7.11 Å². The van der Waals surface area contributed by atoms with Crippen molar-refractivity contribution in [2.75, 3.05) is 27.3 Å². The molecule has 0 aliphatic heterocycles. The molecule has 0 bridgehead atoms. The number of ether oxygens (including phenoxy) is 1. The van der Waals surface area contributed by atoms with Gasteiger partial charge in [0, 0.05) is 5.54 Å². The molecule has 2 unspecified atom stereocenters. The highest BCUT2D eigenvalue weighted by atomic mass is 16.5. The first kappa shape index (κ1) is 18.9. The molecule has 0 aliphatic rings. The second kappa shape index (κ2) is 8.21. The summed E-state index contributed by atoms with van der Waals surface area (Å²) in [5, 5.41) is 12.0. The number of nitrogens with one attached hydrogen (secondary N) is 1. The Balaban J connectivity index is 4.66. The topological polar surface area (TPSA) is 78.9 Å². The molecule has 0 aromatic rings. The molecule has 0 spiro atoms. The number of hydrogen-bond donors (Lipinski definition) is 2. The lowest BCUT2D eigenvalue weighted by molar-refractivity contribution is -0.146. The molecule has 0 saturated carbocycles. The third-order valence-corrected chi connectivity index (χ3v) is 3.79. The summed E-state index contributed by atoms with van der Waals surface area (Å²) >= 11 is 0. The number of rotatable bonds is 8. The fourth-order valence-corrected chi connectivity index (χ4v) is 1.57. The highest BCUT2D eigenvalue weighted by Gasteiger charge is 2.29. The third kappa shape index (κ3) is 5.46. The molecule has 2 N–H and O–H groups in total. The minimum absolute atomic E-state index is 0.00237. The monoisotopic (exact) mass is 288 g/mol. The van der Waals surface area contributed by atoms with E-state index in [1.54, 1.807) is 11.9 Å². The van der Waals surface area contributed by atoms with Gasteiger partial charge >= 0.3 is 5.97 Å². The Kier molecular flexibility index (Phi) is 7.75. The second-order valence-electron chi connectivity index (χ2n) is 5.78. The number of likely N-dealkylation sites (N-methyl/N-ethyl adjacent to an activating group) is 1. The van der Waals surface area contributed by atoms with Gasteiger partial charge in [0.05, 0.1) is 20.3 Å². The number of esters is 1. The summed E-state index contributed by atoms with van der Waals surface area (Å²) in [5.41, 5.74) is -0.492. The lowest BCUT2D eigenvalue weighted by Gasteiger charge is -2.33. The summed E-state index contributed by atoms with van der Waals surface area (Å²) in [5.74, 6) is -0.691. The maximum Gasteiger partial charge on any atom is 0.328 e. The van der Waals surface area contributed by atoms with Crippen molar-refractivity contribution in [3.05, 3.63) is 0 Å². The molecule has 0 rings (SSSR count). The van der Waals surface area contributed by atoms with Gasteiger partial charge in [-0.1, -0.05) is 20.3 Å². The summed E-state index contributed by atoms with van der Waals surface area (Å²) in [6.07, 6.45) is 0.762. The number of hydrogen-bond acceptors (Lipinski definition) is 5. The van der Waals surface area contributed by atoms with Gasteiger partial charge in [-0.3, -0.25) is 9.69 Å². The average Bonchev–Trinajstić information content (AvgIpc) is 2.42. The van der Waals surface area contributed by atoms with E-state index in [4.69, 9.17) is 4.74 Å². The molecule has 20 heavy (non-hydrogen) atoms. The van der Waals surface area contributed by atoms with E-state index < -0.39 is 17.6 Å². The van der Waals surface area contributed by atoms with Crippen LogP contribution in [0, 0.1) is 5.92 Å². The van der Waals surface area contributed by atoms with Gasteiger partial charge in [0.1, 0.15) is 6.04 Å². The van der Waals surface area contributed by atoms with Crippen LogP contribution in [-0.4, -0.2) is 60.8 Å². The van der Waals surface area contributed by atoms with Crippen molar-refractivity contribution in [3.63, 3.8) is 0 Å². The van der Waals surface area contributed by atoms with Crippen molar-refractivity contribution in [1.82, 2.24) is 10.2 Å². The summed E-state index contributed by atoms with van der Waals surface area (Å²) in [7, 11) is 3.07. The Bertz CT molecular complexity index is 331. The Hall–Kier alpha value is -1.14. The lowest BCUT2D eigenvalue weighted by Crippen LogP contribution is -2.52. The third-order valence-electron chi connectivity index (χ3n) is 3.79. The van der Waals surface area contributed by atoms with Gasteiger partial charge in [0.25, 0.3) is 0 Å². The van der Waals surface area contributed by atoms with Crippen molar-refractivity contribution < 1.29 is 19.4 Å². The largest absolute Gasteiger partial charge is 0.467 e. The van der Waals surface area contributed by atoms with Crippen LogP contribution in [0.2, 0.25) is 0 Å². The molecular weight excluding hydrogens is 260 g/mol. The normalized spacial score (nSPS) is 14.8. The van der Waals surface area contributed by atoms with E-state index in [-0.39, 0.29) is 25.0 Å². The van der Waals surface area contributed by atoms with Crippen molar-refractivity contribution in [2.24, 2.45) is 5.92 Å². The molecule has 0 fully saturated rings. The summed E-state index contributed by atoms with van der Waals surface area (Å²) in [4.78, 5) is 25.5.